The molecule has 8 nitrogen and oxygen atoms in total. The molecule has 0 radical (unpaired) electrons. The Morgan fingerprint density at radius 2 is 2.24 bits per heavy atom. The van der Waals surface area contributed by atoms with Crippen LogP contribution in [-0.4, -0.2) is 25.6 Å². The average molecular weight is 291 g/mol. The first-order chi connectivity index (χ1) is 9.92. The van der Waals surface area contributed by atoms with Gasteiger partial charge in [-0.2, -0.15) is 5.10 Å². The van der Waals surface area contributed by atoms with Crippen LogP contribution in [0.3, 0.4) is 0 Å². The van der Waals surface area contributed by atoms with Gasteiger partial charge in [0.2, 0.25) is 0 Å². The van der Waals surface area contributed by atoms with Crippen molar-refractivity contribution in [3.63, 3.8) is 0 Å². The molecule has 0 saturated carbocycles. The summed E-state index contributed by atoms with van der Waals surface area (Å²) < 4.78 is 1.53. The minimum Gasteiger partial charge on any atom is -0.337 e. The molecular formula is C13H17N5O3. The van der Waals surface area contributed by atoms with Crippen molar-refractivity contribution in [3.8, 4) is 0 Å². The number of amides is 1. The third kappa shape index (κ3) is 3.10. The van der Waals surface area contributed by atoms with Crippen LogP contribution >= 0.6 is 0 Å². The molecule has 0 fully saturated rings. The molecule has 1 amide bonds. The number of aryl methyl sites for hydroxylation is 1. The van der Waals surface area contributed by atoms with Crippen LogP contribution in [0.4, 0.5) is 11.5 Å². The minimum atomic E-state index is -0.519. The lowest BCUT2D eigenvalue weighted by Crippen LogP contribution is -2.16. The van der Waals surface area contributed by atoms with Gasteiger partial charge in [0.25, 0.3) is 11.6 Å². The van der Waals surface area contributed by atoms with Crippen LogP contribution < -0.4 is 5.32 Å². The molecule has 0 aliphatic carbocycles. The topological polar surface area (TPSA) is 106 Å². The van der Waals surface area contributed by atoms with Gasteiger partial charge in [-0.15, -0.1) is 0 Å². The van der Waals surface area contributed by atoms with Crippen molar-refractivity contribution in [3.05, 3.63) is 39.8 Å². The summed E-state index contributed by atoms with van der Waals surface area (Å²) in [6.07, 6.45) is 1.35. The fourth-order valence-corrected chi connectivity index (χ4v) is 1.92. The summed E-state index contributed by atoms with van der Waals surface area (Å²) in [6.45, 7) is 6.29. The first-order valence-electron chi connectivity index (χ1n) is 6.63. The second-order valence-electron chi connectivity index (χ2n) is 4.94. The molecule has 0 atom stereocenters. The normalized spacial score (nSPS) is 10.9. The fourth-order valence-electron chi connectivity index (χ4n) is 1.92. The zero-order valence-electron chi connectivity index (χ0n) is 12.1. The molecule has 2 heterocycles. The standard InChI is InChI=1S/C13H17N5O3/c1-4-17-7-9(18(20)21)5-11(17)13(19)14-12-6-10(8(2)3)15-16-12/h5-8H,4H2,1-3H3,(H2,14,15,16,19). The van der Waals surface area contributed by atoms with E-state index in [2.05, 4.69) is 15.5 Å². The molecule has 2 aromatic heterocycles. The molecule has 0 saturated heterocycles. The van der Waals surface area contributed by atoms with Gasteiger partial charge in [-0.05, 0) is 12.8 Å². The van der Waals surface area contributed by atoms with E-state index in [4.69, 9.17) is 0 Å². The summed E-state index contributed by atoms with van der Waals surface area (Å²) in [5.74, 6) is 0.241. The molecule has 2 aromatic rings. The quantitative estimate of drug-likeness (QED) is 0.652. The number of rotatable bonds is 5. The fraction of sp³-hybridized carbons (Fsp3) is 0.385. The van der Waals surface area contributed by atoms with Crippen molar-refractivity contribution >= 4 is 17.4 Å². The number of hydrogen-bond donors (Lipinski definition) is 2. The zero-order chi connectivity index (χ0) is 15.6. The average Bonchev–Trinajstić information content (AvgIpc) is 3.04. The van der Waals surface area contributed by atoms with E-state index < -0.39 is 10.8 Å². The molecule has 2 rings (SSSR count). The summed E-state index contributed by atoms with van der Waals surface area (Å²) in [7, 11) is 0. The Hall–Kier alpha value is -2.64. The number of aromatic nitrogens is 3. The van der Waals surface area contributed by atoms with Crippen LogP contribution in [0.2, 0.25) is 0 Å². The van der Waals surface area contributed by atoms with Gasteiger partial charge < -0.3 is 9.88 Å². The van der Waals surface area contributed by atoms with E-state index in [0.29, 0.717) is 12.4 Å². The zero-order valence-corrected chi connectivity index (χ0v) is 12.1. The Balaban J connectivity index is 2.21. The first kappa shape index (κ1) is 14.8. The molecule has 0 unspecified atom stereocenters. The Morgan fingerprint density at radius 3 is 2.76 bits per heavy atom. The number of carbonyl (C=O) groups excluding carboxylic acids is 1. The first-order valence-corrected chi connectivity index (χ1v) is 6.63. The Kier molecular flexibility index (Phi) is 4.06. The smallest absolute Gasteiger partial charge is 0.287 e. The van der Waals surface area contributed by atoms with Crippen LogP contribution in [0.1, 0.15) is 42.9 Å². The highest BCUT2D eigenvalue weighted by atomic mass is 16.6. The van der Waals surface area contributed by atoms with E-state index in [-0.39, 0.29) is 17.3 Å². The third-order valence-electron chi connectivity index (χ3n) is 3.13. The summed E-state index contributed by atoms with van der Waals surface area (Å²) in [6, 6.07) is 3.01. The van der Waals surface area contributed by atoms with E-state index in [0.717, 1.165) is 5.69 Å². The van der Waals surface area contributed by atoms with Crippen molar-refractivity contribution in [2.75, 3.05) is 5.32 Å². The van der Waals surface area contributed by atoms with Gasteiger partial charge in [0.15, 0.2) is 5.82 Å². The van der Waals surface area contributed by atoms with Crippen LogP contribution in [-0.2, 0) is 6.54 Å². The highest BCUT2D eigenvalue weighted by Gasteiger charge is 2.19. The molecule has 8 heteroatoms. The molecule has 2 N–H and O–H groups in total. The van der Waals surface area contributed by atoms with Gasteiger partial charge in [0.05, 0.1) is 11.1 Å². The van der Waals surface area contributed by atoms with E-state index in [1.807, 2.05) is 20.8 Å². The third-order valence-corrected chi connectivity index (χ3v) is 3.13. The predicted molar refractivity (Wildman–Crippen MR) is 77.4 cm³/mol. The lowest BCUT2D eigenvalue weighted by Gasteiger charge is -2.04. The van der Waals surface area contributed by atoms with E-state index in [1.165, 1.54) is 16.8 Å². The number of nitrogens with zero attached hydrogens (tertiary/aromatic N) is 3. The lowest BCUT2D eigenvalue weighted by molar-refractivity contribution is -0.384. The molecule has 0 aliphatic rings. The van der Waals surface area contributed by atoms with E-state index in [1.54, 1.807) is 6.07 Å². The Bertz CT molecular complexity index is 671. The van der Waals surface area contributed by atoms with E-state index in [9.17, 15) is 14.9 Å². The molecule has 0 bridgehead atoms. The number of H-pyrrole nitrogens is 1. The largest absolute Gasteiger partial charge is 0.337 e. The van der Waals surface area contributed by atoms with Crippen LogP contribution in [0, 0.1) is 10.1 Å². The molecule has 21 heavy (non-hydrogen) atoms. The molecule has 112 valence electrons. The SMILES string of the molecule is CCn1cc([N+](=O)[O-])cc1C(=O)Nc1cc(C(C)C)[nH]n1. The predicted octanol–water partition coefficient (Wildman–Crippen LogP) is 2.51. The van der Waals surface area contributed by atoms with Gasteiger partial charge in [-0.1, -0.05) is 13.8 Å². The molecule has 0 aliphatic heterocycles. The number of hydrogen-bond acceptors (Lipinski definition) is 4. The van der Waals surface area contributed by atoms with Crippen molar-refractivity contribution < 1.29 is 9.72 Å². The monoisotopic (exact) mass is 291 g/mol. The number of nitro groups is 1. The molecule has 0 aromatic carbocycles. The number of carbonyl (C=O) groups is 1. The molecular weight excluding hydrogens is 274 g/mol. The minimum absolute atomic E-state index is 0.105. The van der Waals surface area contributed by atoms with Gasteiger partial charge in [0, 0.05) is 24.4 Å². The van der Waals surface area contributed by atoms with Crippen LogP contribution in [0.5, 0.6) is 0 Å². The van der Waals surface area contributed by atoms with Gasteiger partial charge >= 0.3 is 0 Å². The van der Waals surface area contributed by atoms with Gasteiger partial charge in [0.1, 0.15) is 5.69 Å². The van der Waals surface area contributed by atoms with E-state index >= 15 is 0 Å². The summed E-state index contributed by atoms with van der Waals surface area (Å²) in [5, 5.41) is 20.3. The highest BCUT2D eigenvalue weighted by Crippen LogP contribution is 2.19. The number of aromatic amines is 1. The Morgan fingerprint density at radius 1 is 1.52 bits per heavy atom. The maximum absolute atomic E-state index is 12.2. The maximum atomic E-state index is 12.2. The second kappa shape index (κ2) is 5.78. The van der Waals surface area contributed by atoms with Gasteiger partial charge in [-0.3, -0.25) is 20.0 Å². The van der Waals surface area contributed by atoms with Crippen LogP contribution in [0.25, 0.3) is 0 Å². The second-order valence-corrected chi connectivity index (χ2v) is 4.94. The van der Waals surface area contributed by atoms with Crippen molar-refractivity contribution in [2.45, 2.75) is 33.2 Å². The number of anilines is 1. The van der Waals surface area contributed by atoms with Crippen molar-refractivity contribution in [1.82, 2.24) is 14.8 Å². The number of nitrogens with one attached hydrogen (secondary N) is 2. The lowest BCUT2D eigenvalue weighted by atomic mass is 10.1. The van der Waals surface area contributed by atoms with Crippen LogP contribution in [0.15, 0.2) is 18.3 Å². The Labute approximate surface area is 121 Å². The summed E-state index contributed by atoms with van der Waals surface area (Å²) in [5.41, 5.74) is 1.03. The molecule has 0 spiro atoms. The summed E-state index contributed by atoms with van der Waals surface area (Å²) >= 11 is 0. The summed E-state index contributed by atoms with van der Waals surface area (Å²) in [4.78, 5) is 22.5. The maximum Gasteiger partial charge on any atom is 0.287 e. The highest BCUT2D eigenvalue weighted by molar-refractivity contribution is 6.03. The van der Waals surface area contributed by atoms with Gasteiger partial charge in [-0.25, -0.2) is 0 Å². The van der Waals surface area contributed by atoms with Crippen molar-refractivity contribution in [1.29, 1.82) is 0 Å². The van der Waals surface area contributed by atoms with Crippen molar-refractivity contribution in [2.24, 2.45) is 0 Å².